The summed E-state index contributed by atoms with van der Waals surface area (Å²) in [7, 11) is -2.03. The average Bonchev–Trinajstić information content (AvgIpc) is 3.42. The van der Waals surface area contributed by atoms with Crippen LogP contribution in [-0.4, -0.2) is 39.1 Å². The minimum Gasteiger partial charge on any atom is -0.345 e. The third kappa shape index (κ3) is 3.73. The Morgan fingerprint density at radius 3 is 2.73 bits per heavy atom. The zero-order chi connectivity index (χ0) is 23.2. The van der Waals surface area contributed by atoms with E-state index in [9.17, 15) is 13.2 Å². The standard InChI is InChI=1S/C24H25N5O3S/c1-17-22(33(31,32)28-12-10-18-6-3-4-7-19(18)16-28)14-21(27(17)2)24(30)26-15-20-8-5-9-23-25-11-13-29(20)23/h3-9,11,13-14H,10,12,15-16H2,1-2H3,(H,26,30). The van der Waals surface area contributed by atoms with Gasteiger partial charge in [0.1, 0.15) is 16.2 Å². The lowest BCUT2D eigenvalue weighted by atomic mass is 10.0. The van der Waals surface area contributed by atoms with Gasteiger partial charge in [-0.3, -0.25) is 4.79 Å². The molecule has 0 aliphatic carbocycles. The maximum atomic E-state index is 13.5. The van der Waals surface area contributed by atoms with Crippen LogP contribution in [0.4, 0.5) is 0 Å². The van der Waals surface area contributed by atoms with Crippen LogP contribution in [0.5, 0.6) is 0 Å². The van der Waals surface area contributed by atoms with Crippen molar-refractivity contribution >= 4 is 21.6 Å². The first-order valence-corrected chi connectivity index (χ1v) is 12.2. The molecule has 33 heavy (non-hydrogen) atoms. The zero-order valence-electron chi connectivity index (χ0n) is 18.5. The van der Waals surface area contributed by atoms with Crippen LogP contribution in [0.2, 0.25) is 0 Å². The van der Waals surface area contributed by atoms with Gasteiger partial charge in [0.15, 0.2) is 0 Å². The van der Waals surface area contributed by atoms with E-state index in [0.717, 1.165) is 16.9 Å². The van der Waals surface area contributed by atoms with Crippen molar-refractivity contribution in [1.29, 1.82) is 0 Å². The summed E-state index contributed by atoms with van der Waals surface area (Å²) < 4.78 is 32.0. The first-order valence-electron chi connectivity index (χ1n) is 10.8. The summed E-state index contributed by atoms with van der Waals surface area (Å²) >= 11 is 0. The predicted molar refractivity (Wildman–Crippen MR) is 124 cm³/mol. The smallest absolute Gasteiger partial charge is 0.268 e. The fourth-order valence-electron chi connectivity index (χ4n) is 4.38. The summed E-state index contributed by atoms with van der Waals surface area (Å²) in [5.74, 6) is -0.330. The second kappa shape index (κ2) is 8.17. The maximum absolute atomic E-state index is 13.5. The van der Waals surface area contributed by atoms with Crippen LogP contribution in [0.25, 0.3) is 5.65 Å². The van der Waals surface area contributed by atoms with Crippen LogP contribution in [0.3, 0.4) is 0 Å². The number of imidazole rings is 1. The number of amides is 1. The number of sulfonamides is 1. The van der Waals surface area contributed by atoms with Crippen molar-refractivity contribution in [3.05, 3.63) is 89.1 Å². The molecular weight excluding hydrogens is 438 g/mol. The normalized spacial score (nSPS) is 14.4. The van der Waals surface area contributed by atoms with Crippen LogP contribution < -0.4 is 5.32 Å². The van der Waals surface area contributed by atoms with Gasteiger partial charge in [-0.2, -0.15) is 4.31 Å². The van der Waals surface area contributed by atoms with Crippen LogP contribution in [0.15, 0.2) is 65.8 Å². The van der Waals surface area contributed by atoms with Crippen molar-refractivity contribution in [2.24, 2.45) is 7.05 Å². The molecule has 0 bridgehead atoms. The Bertz CT molecular complexity index is 1470. The van der Waals surface area contributed by atoms with E-state index in [1.807, 2.05) is 53.1 Å². The molecule has 0 spiro atoms. The number of hydrogen-bond donors (Lipinski definition) is 1. The van der Waals surface area contributed by atoms with Crippen molar-refractivity contribution < 1.29 is 13.2 Å². The van der Waals surface area contributed by atoms with E-state index in [2.05, 4.69) is 10.3 Å². The van der Waals surface area contributed by atoms with Gasteiger partial charge in [0.05, 0.1) is 6.54 Å². The molecule has 8 nitrogen and oxygen atoms in total. The van der Waals surface area contributed by atoms with Gasteiger partial charge in [0.25, 0.3) is 5.91 Å². The van der Waals surface area contributed by atoms with Gasteiger partial charge in [0.2, 0.25) is 10.0 Å². The molecule has 0 fully saturated rings. The quantitative estimate of drug-likeness (QED) is 0.493. The third-order valence-electron chi connectivity index (χ3n) is 6.38. The van der Waals surface area contributed by atoms with Gasteiger partial charge in [-0.05, 0) is 42.7 Å². The van der Waals surface area contributed by atoms with E-state index in [-0.39, 0.29) is 10.8 Å². The van der Waals surface area contributed by atoms with E-state index in [1.54, 1.807) is 24.7 Å². The van der Waals surface area contributed by atoms with Crippen LogP contribution in [0.1, 0.15) is 33.0 Å². The molecule has 4 aromatic rings. The number of pyridine rings is 1. The van der Waals surface area contributed by atoms with Gasteiger partial charge in [-0.25, -0.2) is 13.4 Å². The summed E-state index contributed by atoms with van der Waals surface area (Å²) in [4.78, 5) is 17.4. The fourth-order valence-corrected chi connectivity index (χ4v) is 6.07. The van der Waals surface area contributed by atoms with Crippen LogP contribution in [-0.2, 0) is 36.6 Å². The summed E-state index contributed by atoms with van der Waals surface area (Å²) in [5, 5.41) is 2.91. The molecule has 5 rings (SSSR count). The molecule has 1 amide bonds. The van der Waals surface area contributed by atoms with Crippen molar-refractivity contribution in [3.63, 3.8) is 0 Å². The highest BCUT2D eigenvalue weighted by atomic mass is 32.2. The Morgan fingerprint density at radius 2 is 1.91 bits per heavy atom. The number of carbonyl (C=O) groups is 1. The number of benzene rings is 1. The average molecular weight is 464 g/mol. The predicted octanol–water partition coefficient (Wildman–Crippen LogP) is 2.66. The Morgan fingerprint density at radius 1 is 1.12 bits per heavy atom. The second-order valence-electron chi connectivity index (χ2n) is 8.25. The van der Waals surface area contributed by atoms with E-state index < -0.39 is 10.0 Å². The highest BCUT2D eigenvalue weighted by molar-refractivity contribution is 7.89. The highest BCUT2D eigenvalue weighted by Crippen LogP contribution is 2.28. The lowest BCUT2D eigenvalue weighted by molar-refractivity contribution is 0.0942. The van der Waals surface area contributed by atoms with Gasteiger partial charge in [0, 0.05) is 43.9 Å². The van der Waals surface area contributed by atoms with Crippen molar-refractivity contribution in [2.45, 2.75) is 31.3 Å². The molecule has 0 saturated carbocycles. The monoisotopic (exact) mass is 463 g/mol. The minimum atomic E-state index is -3.74. The fraction of sp³-hybridized carbons (Fsp3) is 0.250. The minimum absolute atomic E-state index is 0.172. The van der Waals surface area contributed by atoms with Crippen molar-refractivity contribution in [2.75, 3.05) is 6.54 Å². The molecule has 170 valence electrons. The molecule has 1 N–H and O–H groups in total. The molecule has 1 aromatic carbocycles. The van der Waals surface area contributed by atoms with Gasteiger partial charge in [-0.1, -0.05) is 30.3 Å². The molecule has 1 aliphatic heterocycles. The Kier molecular flexibility index (Phi) is 5.30. The molecule has 1 aliphatic rings. The van der Waals surface area contributed by atoms with Gasteiger partial charge >= 0.3 is 0 Å². The summed E-state index contributed by atoms with van der Waals surface area (Å²) in [5.41, 5.74) is 4.73. The third-order valence-corrected chi connectivity index (χ3v) is 8.34. The van der Waals surface area contributed by atoms with E-state index in [4.69, 9.17) is 0 Å². The summed E-state index contributed by atoms with van der Waals surface area (Å²) in [6, 6.07) is 15.1. The number of nitrogens with zero attached hydrogens (tertiary/aromatic N) is 4. The Balaban J connectivity index is 1.38. The SMILES string of the molecule is Cc1c(S(=O)(=O)N2CCc3ccccc3C2)cc(C(=O)NCc2cccc3nccn23)n1C. The van der Waals surface area contributed by atoms with E-state index in [0.29, 0.717) is 37.4 Å². The number of rotatable bonds is 5. The molecule has 0 atom stereocenters. The molecule has 0 unspecified atom stereocenters. The Hall–Kier alpha value is -3.43. The largest absolute Gasteiger partial charge is 0.345 e. The molecule has 4 heterocycles. The molecular formula is C24H25N5O3S. The summed E-state index contributed by atoms with van der Waals surface area (Å²) in [6.45, 7) is 2.78. The van der Waals surface area contributed by atoms with Gasteiger partial charge in [-0.15, -0.1) is 0 Å². The van der Waals surface area contributed by atoms with Crippen LogP contribution >= 0.6 is 0 Å². The molecule has 9 heteroatoms. The first-order chi connectivity index (χ1) is 15.9. The van der Waals surface area contributed by atoms with Gasteiger partial charge < -0.3 is 14.3 Å². The summed E-state index contributed by atoms with van der Waals surface area (Å²) in [6.07, 6.45) is 4.22. The van der Waals surface area contributed by atoms with Crippen molar-refractivity contribution in [3.8, 4) is 0 Å². The lowest BCUT2D eigenvalue weighted by Gasteiger charge is -2.28. The number of hydrogen-bond acceptors (Lipinski definition) is 4. The number of fused-ring (bicyclic) bond motifs is 2. The van der Waals surface area contributed by atoms with E-state index >= 15 is 0 Å². The topological polar surface area (TPSA) is 88.7 Å². The Labute approximate surface area is 192 Å². The maximum Gasteiger partial charge on any atom is 0.268 e. The van der Waals surface area contributed by atoms with Crippen molar-refractivity contribution in [1.82, 2.24) is 23.6 Å². The molecule has 0 radical (unpaired) electrons. The number of nitrogens with one attached hydrogen (secondary N) is 1. The number of aromatic nitrogens is 3. The second-order valence-corrected chi connectivity index (χ2v) is 10.2. The number of carbonyl (C=O) groups excluding carboxylic acids is 1. The van der Waals surface area contributed by atoms with Crippen LogP contribution in [0, 0.1) is 6.92 Å². The molecule has 3 aromatic heterocycles. The molecule has 0 saturated heterocycles. The highest BCUT2D eigenvalue weighted by Gasteiger charge is 2.32. The first kappa shape index (κ1) is 21.4. The zero-order valence-corrected chi connectivity index (χ0v) is 19.3. The van der Waals surface area contributed by atoms with E-state index in [1.165, 1.54) is 15.9 Å². The lowest BCUT2D eigenvalue weighted by Crippen LogP contribution is -2.36.